The summed E-state index contributed by atoms with van der Waals surface area (Å²) >= 11 is 0. The van der Waals surface area contributed by atoms with Crippen molar-refractivity contribution >= 4 is 10.0 Å². The fraction of sp³-hybridized carbons (Fsp3) is 0.500. The maximum absolute atomic E-state index is 11.5. The van der Waals surface area contributed by atoms with Crippen molar-refractivity contribution in [1.29, 1.82) is 0 Å². The number of primary sulfonamides is 1. The van der Waals surface area contributed by atoms with E-state index in [1.807, 2.05) is 20.9 Å². The van der Waals surface area contributed by atoms with Gasteiger partial charge in [-0.05, 0) is 5.92 Å². The van der Waals surface area contributed by atoms with E-state index in [2.05, 4.69) is 15.2 Å². The Bertz CT molecular complexity index is 685. The van der Waals surface area contributed by atoms with E-state index in [-0.39, 0.29) is 11.1 Å². The third-order valence-corrected chi connectivity index (χ3v) is 3.26. The van der Waals surface area contributed by atoms with E-state index >= 15 is 0 Å². The third-order valence-electron chi connectivity index (χ3n) is 2.45. The highest BCUT2D eigenvalue weighted by molar-refractivity contribution is 7.89. The highest BCUT2D eigenvalue weighted by Gasteiger charge is 2.23. The zero-order valence-corrected chi connectivity index (χ0v) is 11.8. The molecule has 0 atom stereocenters. The molecule has 104 valence electrons. The molecule has 0 spiro atoms. The number of aromatic nitrogens is 5. The Morgan fingerprint density at radius 1 is 1.37 bits per heavy atom. The van der Waals surface area contributed by atoms with Crippen LogP contribution < -0.4 is 5.14 Å². The Hall–Kier alpha value is -1.74. The molecule has 0 saturated carbocycles. The summed E-state index contributed by atoms with van der Waals surface area (Å²) in [6, 6.07) is 0. The lowest BCUT2D eigenvalue weighted by molar-refractivity contribution is 0.486. The van der Waals surface area contributed by atoms with E-state index in [0.717, 1.165) is 0 Å². The van der Waals surface area contributed by atoms with Gasteiger partial charge in [0.05, 0.1) is 6.33 Å². The molecule has 2 heterocycles. The highest BCUT2D eigenvalue weighted by Crippen LogP contribution is 2.19. The lowest BCUT2D eigenvalue weighted by Gasteiger charge is -2.10. The topological polar surface area (TPSA) is 109 Å². The van der Waals surface area contributed by atoms with Gasteiger partial charge in [-0.25, -0.2) is 18.5 Å². The standard InChI is InChI=1S/C10H16N6O2S/c1-7(2)4-16-9(8-5-15(3)6-12-8)13-14-10(16)19(11,17)18/h5-7H,4H2,1-3H3,(H2,11,17,18). The molecule has 19 heavy (non-hydrogen) atoms. The number of hydrogen-bond acceptors (Lipinski definition) is 5. The molecule has 2 rings (SSSR count). The molecule has 0 aliphatic rings. The van der Waals surface area contributed by atoms with Crippen LogP contribution in [0.4, 0.5) is 0 Å². The number of nitrogens with two attached hydrogens (primary N) is 1. The summed E-state index contributed by atoms with van der Waals surface area (Å²) in [5, 5.41) is 12.5. The highest BCUT2D eigenvalue weighted by atomic mass is 32.2. The van der Waals surface area contributed by atoms with Crippen LogP contribution in [0.1, 0.15) is 13.8 Å². The predicted molar refractivity (Wildman–Crippen MR) is 68.4 cm³/mol. The van der Waals surface area contributed by atoms with Crippen LogP contribution in [-0.2, 0) is 23.6 Å². The summed E-state index contributed by atoms with van der Waals surface area (Å²) in [5.74, 6) is 0.622. The van der Waals surface area contributed by atoms with E-state index in [0.29, 0.717) is 18.1 Å². The van der Waals surface area contributed by atoms with Crippen LogP contribution in [0.2, 0.25) is 0 Å². The van der Waals surface area contributed by atoms with Crippen molar-refractivity contribution < 1.29 is 8.42 Å². The van der Waals surface area contributed by atoms with Crippen molar-refractivity contribution in [1.82, 2.24) is 24.3 Å². The molecule has 8 nitrogen and oxygen atoms in total. The summed E-state index contributed by atoms with van der Waals surface area (Å²) in [5.41, 5.74) is 0.561. The average Bonchev–Trinajstić information content (AvgIpc) is 2.82. The molecule has 0 saturated heterocycles. The summed E-state index contributed by atoms with van der Waals surface area (Å²) < 4.78 is 26.3. The van der Waals surface area contributed by atoms with E-state index in [1.165, 1.54) is 4.57 Å². The molecule has 0 radical (unpaired) electrons. The van der Waals surface area contributed by atoms with E-state index in [9.17, 15) is 8.42 Å². The SMILES string of the molecule is CC(C)Cn1c(-c2cn(C)cn2)nnc1S(N)(=O)=O. The summed E-state index contributed by atoms with van der Waals surface area (Å²) in [6.45, 7) is 4.38. The fourth-order valence-corrected chi connectivity index (χ4v) is 2.37. The van der Waals surface area contributed by atoms with E-state index < -0.39 is 10.0 Å². The second-order valence-corrected chi connectivity index (χ2v) is 6.24. The van der Waals surface area contributed by atoms with E-state index in [1.54, 1.807) is 17.1 Å². The van der Waals surface area contributed by atoms with Crippen molar-refractivity contribution in [2.45, 2.75) is 25.5 Å². The lowest BCUT2D eigenvalue weighted by atomic mass is 10.2. The second kappa shape index (κ2) is 4.74. The van der Waals surface area contributed by atoms with Crippen LogP contribution in [0.5, 0.6) is 0 Å². The molecule has 9 heteroatoms. The number of sulfonamides is 1. The van der Waals surface area contributed by atoms with E-state index in [4.69, 9.17) is 5.14 Å². The molecule has 0 bridgehead atoms. The monoisotopic (exact) mass is 284 g/mol. The second-order valence-electron chi connectivity index (χ2n) is 4.78. The zero-order valence-electron chi connectivity index (χ0n) is 11.0. The Balaban J connectivity index is 2.59. The summed E-state index contributed by atoms with van der Waals surface area (Å²) in [6.07, 6.45) is 3.36. The van der Waals surface area contributed by atoms with Crippen molar-refractivity contribution in [3.05, 3.63) is 12.5 Å². The molecule has 0 aromatic carbocycles. The number of nitrogens with zero attached hydrogens (tertiary/aromatic N) is 5. The maximum Gasteiger partial charge on any atom is 0.273 e. The van der Waals surface area contributed by atoms with Crippen LogP contribution in [0.15, 0.2) is 17.7 Å². The van der Waals surface area contributed by atoms with Crippen LogP contribution in [0.3, 0.4) is 0 Å². The third kappa shape index (κ3) is 2.82. The van der Waals surface area contributed by atoms with Gasteiger partial charge in [-0.2, -0.15) is 0 Å². The first kappa shape index (κ1) is 13.7. The quantitative estimate of drug-likeness (QED) is 0.848. The van der Waals surface area contributed by atoms with Gasteiger partial charge in [0.2, 0.25) is 0 Å². The van der Waals surface area contributed by atoms with Gasteiger partial charge in [0.15, 0.2) is 5.82 Å². The van der Waals surface area contributed by atoms with Crippen LogP contribution >= 0.6 is 0 Å². The summed E-state index contributed by atoms with van der Waals surface area (Å²) in [7, 11) is -2.09. The molecule has 0 fully saturated rings. The first-order valence-electron chi connectivity index (χ1n) is 5.73. The molecular weight excluding hydrogens is 268 g/mol. The maximum atomic E-state index is 11.5. The molecule has 0 aliphatic heterocycles. The van der Waals surface area contributed by atoms with Crippen LogP contribution in [-0.4, -0.2) is 32.7 Å². The lowest BCUT2D eigenvalue weighted by Crippen LogP contribution is -2.20. The largest absolute Gasteiger partial charge is 0.340 e. The minimum absolute atomic E-state index is 0.221. The molecule has 2 aromatic heterocycles. The van der Waals surface area contributed by atoms with Crippen molar-refractivity contribution in [2.24, 2.45) is 18.1 Å². The normalized spacial score (nSPS) is 12.3. The van der Waals surface area contributed by atoms with Gasteiger partial charge in [-0.3, -0.25) is 4.57 Å². The van der Waals surface area contributed by atoms with Gasteiger partial charge in [0.25, 0.3) is 15.2 Å². The Labute approximate surface area is 111 Å². The molecule has 2 aromatic rings. The van der Waals surface area contributed by atoms with Gasteiger partial charge >= 0.3 is 0 Å². The number of rotatable bonds is 4. The van der Waals surface area contributed by atoms with Crippen molar-refractivity contribution in [3.8, 4) is 11.5 Å². The van der Waals surface area contributed by atoms with Gasteiger partial charge in [-0.1, -0.05) is 13.8 Å². The fourth-order valence-electron chi connectivity index (χ4n) is 1.75. The zero-order chi connectivity index (χ0) is 14.2. The minimum Gasteiger partial charge on any atom is -0.340 e. The first-order valence-corrected chi connectivity index (χ1v) is 7.28. The smallest absolute Gasteiger partial charge is 0.273 e. The first-order chi connectivity index (χ1) is 8.79. The molecule has 0 aliphatic carbocycles. The average molecular weight is 284 g/mol. The van der Waals surface area contributed by atoms with Crippen LogP contribution in [0, 0.1) is 5.92 Å². The number of aryl methyl sites for hydroxylation is 1. The molecule has 0 amide bonds. The van der Waals surface area contributed by atoms with Gasteiger partial charge in [0, 0.05) is 19.8 Å². The van der Waals surface area contributed by atoms with Crippen molar-refractivity contribution in [2.75, 3.05) is 0 Å². The summed E-state index contributed by atoms with van der Waals surface area (Å²) in [4.78, 5) is 4.15. The van der Waals surface area contributed by atoms with Gasteiger partial charge in [-0.15, -0.1) is 10.2 Å². The molecular formula is C10H16N6O2S. The number of hydrogen-bond donors (Lipinski definition) is 1. The van der Waals surface area contributed by atoms with Gasteiger partial charge in [0.1, 0.15) is 5.69 Å². The minimum atomic E-state index is -3.90. The van der Waals surface area contributed by atoms with Crippen LogP contribution in [0.25, 0.3) is 11.5 Å². The number of imidazole rings is 1. The molecule has 0 unspecified atom stereocenters. The Morgan fingerprint density at radius 3 is 2.53 bits per heavy atom. The van der Waals surface area contributed by atoms with Gasteiger partial charge < -0.3 is 4.57 Å². The predicted octanol–water partition coefficient (Wildman–Crippen LogP) is -0.0180. The molecule has 2 N–H and O–H groups in total. The van der Waals surface area contributed by atoms with Crippen molar-refractivity contribution in [3.63, 3.8) is 0 Å². The Kier molecular flexibility index (Phi) is 3.42. The Morgan fingerprint density at radius 2 is 2.05 bits per heavy atom.